The number of nitrogens with one attached hydrogen (secondary N) is 2. The van der Waals surface area contributed by atoms with E-state index in [1.165, 1.54) is 14.2 Å². The maximum absolute atomic E-state index is 13.9. The normalized spacial score (nSPS) is 10.8. The highest BCUT2D eigenvalue weighted by Gasteiger charge is 2.27. The minimum absolute atomic E-state index is 0.237. The number of ether oxygens (including phenoxy) is 2. The number of aromatic nitrogens is 2. The minimum Gasteiger partial charge on any atom is -0.503 e. The molecule has 4 rings (SSSR count). The Morgan fingerprint density at radius 1 is 0.640 bits per heavy atom. The van der Waals surface area contributed by atoms with Gasteiger partial charge in [0.15, 0.2) is 0 Å². The average molecular weight is 679 g/mol. The van der Waals surface area contributed by atoms with Gasteiger partial charge in [-0.1, -0.05) is 39.5 Å². The minimum atomic E-state index is -3.19. The lowest BCUT2D eigenvalue weighted by atomic mass is 10.00. The summed E-state index contributed by atoms with van der Waals surface area (Å²) < 4.78 is 42.2. The van der Waals surface area contributed by atoms with E-state index >= 15 is 0 Å². The summed E-state index contributed by atoms with van der Waals surface area (Å²) in [6.07, 6.45) is 3.16. The van der Waals surface area contributed by atoms with Crippen LogP contribution in [0.2, 0.25) is 0 Å². The second kappa shape index (κ2) is 17.0. The second-order valence-electron chi connectivity index (χ2n) is 11.0. The Kier molecular flexibility index (Phi) is 12.6. The van der Waals surface area contributed by atoms with E-state index in [2.05, 4.69) is 33.6 Å². The van der Waals surface area contributed by atoms with Crippen molar-refractivity contribution >= 4 is 31.0 Å². The zero-order valence-electron chi connectivity index (χ0n) is 28.8. The number of methoxy groups -OCH3 is 2. The zero-order valence-corrected chi connectivity index (χ0v) is 28.8. The molecule has 0 aliphatic heterocycles. The molecular formula is C39H37BF2N2O6. The molecule has 256 valence electrons. The molecule has 4 aromatic rings. The van der Waals surface area contributed by atoms with E-state index in [1.54, 1.807) is 48.5 Å². The number of hydrogen-bond donors (Lipinski definition) is 2. The van der Waals surface area contributed by atoms with Gasteiger partial charge in [-0.2, -0.15) is 0 Å². The summed E-state index contributed by atoms with van der Waals surface area (Å²) in [5, 5.41) is 0. The van der Waals surface area contributed by atoms with E-state index < -0.39 is 25.2 Å². The van der Waals surface area contributed by atoms with Crippen molar-refractivity contribution < 1.29 is 37.1 Å². The van der Waals surface area contributed by atoms with Crippen LogP contribution in [0.1, 0.15) is 109 Å². The van der Waals surface area contributed by atoms with E-state index in [9.17, 15) is 23.0 Å². The van der Waals surface area contributed by atoms with Crippen molar-refractivity contribution in [1.29, 1.82) is 0 Å². The van der Waals surface area contributed by atoms with Crippen LogP contribution in [-0.4, -0.2) is 49.4 Å². The topological polar surface area (TPSA) is 110 Å². The van der Waals surface area contributed by atoms with Crippen molar-refractivity contribution in [2.75, 3.05) is 14.2 Å². The Bertz CT molecular complexity index is 2040. The van der Waals surface area contributed by atoms with Crippen LogP contribution in [0.4, 0.5) is 8.63 Å². The fourth-order valence-electron chi connectivity index (χ4n) is 5.69. The largest absolute Gasteiger partial charge is 0.796 e. The summed E-state index contributed by atoms with van der Waals surface area (Å²) >= 11 is 0. The highest BCUT2D eigenvalue weighted by atomic mass is 19.2. The zero-order chi connectivity index (χ0) is 36.4. The molecule has 0 aliphatic carbocycles. The third-order valence-electron chi connectivity index (χ3n) is 8.10. The van der Waals surface area contributed by atoms with E-state index in [4.69, 9.17) is 14.1 Å². The molecule has 0 spiro atoms. The molecule has 0 saturated carbocycles. The average Bonchev–Trinajstić information content (AvgIpc) is 3.69. The molecule has 0 aliphatic rings. The summed E-state index contributed by atoms with van der Waals surface area (Å²) in [5.74, 6) is 10.5. The number of benzene rings is 2. The molecule has 0 bridgehead atoms. The number of hydrogen-bond acceptors (Lipinski definition) is 6. The lowest BCUT2D eigenvalue weighted by Gasteiger charge is -2.10. The van der Waals surface area contributed by atoms with Crippen LogP contribution in [-0.2, 0) is 39.8 Å². The Balaban J connectivity index is 1.74. The summed E-state index contributed by atoms with van der Waals surface area (Å²) in [6.45, 7) is 7.67. The highest BCUT2D eigenvalue weighted by Crippen LogP contribution is 2.29. The molecule has 11 heteroatoms. The highest BCUT2D eigenvalue weighted by molar-refractivity contribution is 6.36. The number of aromatic amines is 2. The van der Waals surface area contributed by atoms with Gasteiger partial charge in [0.2, 0.25) is 5.78 Å². The summed E-state index contributed by atoms with van der Waals surface area (Å²) in [6, 6.07) is 13.2. The standard InChI is InChI=1S/C39H37BF2N2O6/c1-7-28-30(9-3)36(43-32(28)21-15-24-11-17-26(18-12-24)38(46)48-5)34(45)23-35(50-40(41)42)37-31(10-4)29(8-2)33(44-37)22-16-25-13-19-27(20-14-25)39(47)49-6/h11-14,17-20,23,43-44H,7-10H2,1-6H3/b35-23+. The van der Waals surface area contributed by atoms with Crippen LogP contribution >= 0.6 is 0 Å². The fourth-order valence-corrected chi connectivity index (χ4v) is 5.69. The molecule has 0 amide bonds. The molecule has 2 heterocycles. The van der Waals surface area contributed by atoms with Crippen LogP contribution in [0, 0.1) is 23.7 Å². The smallest absolute Gasteiger partial charge is 0.503 e. The second-order valence-corrected chi connectivity index (χ2v) is 11.0. The third kappa shape index (κ3) is 8.42. The quantitative estimate of drug-likeness (QED) is 0.0437. The predicted molar refractivity (Wildman–Crippen MR) is 188 cm³/mol. The Morgan fingerprint density at radius 2 is 1.04 bits per heavy atom. The molecule has 0 radical (unpaired) electrons. The van der Waals surface area contributed by atoms with Crippen molar-refractivity contribution in [2.45, 2.75) is 53.4 Å². The molecule has 0 fully saturated rings. The van der Waals surface area contributed by atoms with Gasteiger partial charge in [-0.3, -0.25) is 4.79 Å². The number of ketones is 1. The number of carbonyl (C=O) groups excluding carboxylic acids is 3. The number of rotatable bonds is 11. The SMILES string of the molecule is CCc1c(C#Cc2ccc(C(=O)OC)cc2)[nH]c(C(=O)/C=C(/OB(F)F)c2[nH]c(C#Cc3ccc(C(=O)OC)cc3)c(CC)c2CC)c1CC. The first kappa shape index (κ1) is 37.0. The molecule has 2 aromatic carbocycles. The Labute approximate surface area is 290 Å². The summed E-state index contributed by atoms with van der Waals surface area (Å²) in [4.78, 5) is 43.7. The molecule has 8 nitrogen and oxygen atoms in total. The Hall–Kier alpha value is -5.81. The van der Waals surface area contributed by atoms with E-state index in [-0.39, 0.29) is 17.1 Å². The van der Waals surface area contributed by atoms with Gasteiger partial charge in [0.1, 0.15) is 5.76 Å². The Morgan fingerprint density at radius 3 is 1.42 bits per heavy atom. The van der Waals surface area contributed by atoms with Crippen LogP contribution < -0.4 is 0 Å². The van der Waals surface area contributed by atoms with E-state index in [0.717, 1.165) is 22.8 Å². The van der Waals surface area contributed by atoms with Crippen molar-refractivity contribution in [3.63, 3.8) is 0 Å². The summed E-state index contributed by atoms with van der Waals surface area (Å²) in [7, 11) is -0.579. The van der Waals surface area contributed by atoms with Gasteiger partial charge in [-0.25, -0.2) is 18.2 Å². The van der Waals surface area contributed by atoms with Crippen molar-refractivity contribution in [3.05, 3.63) is 122 Å². The van der Waals surface area contributed by atoms with Gasteiger partial charge in [0, 0.05) is 17.2 Å². The van der Waals surface area contributed by atoms with E-state index in [0.29, 0.717) is 64.9 Å². The molecule has 2 N–H and O–H groups in total. The van der Waals surface area contributed by atoms with Gasteiger partial charge in [0.05, 0.1) is 48.1 Å². The van der Waals surface area contributed by atoms with Gasteiger partial charge in [-0.15, -0.1) is 0 Å². The molecule has 0 unspecified atom stereocenters. The maximum atomic E-state index is 13.9. The molecule has 50 heavy (non-hydrogen) atoms. The number of H-pyrrole nitrogens is 2. The van der Waals surface area contributed by atoms with Gasteiger partial charge in [0.25, 0.3) is 0 Å². The first-order chi connectivity index (χ1) is 24.1. The van der Waals surface area contributed by atoms with Crippen molar-refractivity contribution in [3.8, 4) is 23.7 Å². The molecule has 0 saturated heterocycles. The molecule has 0 atom stereocenters. The van der Waals surface area contributed by atoms with Crippen molar-refractivity contribution in [1.82, 2.24) is 9.97 Å². The molecular weight excluding hydrogens is 641 g/mol. The van der Waals surface area contributed by atoms with Gasteiger partial charge < -0.3 is 24.1 Å². The monoisotopic (exact) mass is 678 g/mol. The lowest BCUT2D eigenvalue weighted by molar-refractivity contribution is 0.0592. The van der Waals surface area contributed by atoms with Crippen LogP contribution in [0.5, 0.6) is 0 Å². The lowest BCUT2D eigenvalue weighted by Crippen LogP contribution is -2.09. The van der Waals surface area contributed by atoms with Crippen LogP contribution in [0.15, 0.2) is 54.6 Å². The van der Waals surface area contributed by atoms with Crippen molar-refractivity contribution in [2.24, 2.45) is 0 Å². The van der Waals surface area contributed by atoms with Gasteiger partial charge >= 0.3 is 19.4 Å². The van der Waals surface area contributed by atoms with Gasteiger partial charge in [-0.05, 0) is 108 Å². The number of esters is 2. The van der Waals surface area contributed by atoms with Crippen LogP contribution in [0.3, 0.4) is 0 Å². The number of allylic oxidation sites excluding steroid dienone is 1. The first-order valence-corrected chi connectivity index (χ1v) is 16.2. The maximum Gasteiger partial charge on any atom is 0.796 e. The fraction of sp³-hybridized carbons (Fsp3) is 0.256. The third-order valence-corrected chi connectivity index (χ3v) is 8.10. The van der Waals surface area contributed by atoms with E-state index in [1.807, 2.05) is 27.7 Å². The predicted octanol–water partition coefficient (Wildman–Crippen LogP) is 7.13. The van der Waals surface area contributed by atoms with Crippen LogP contribution in [0.25, 0.3) is 5.76 Å². The number of halogens is 2. The number of carbonyl (C=O) groups is 3. The summed E-state index contributed by atoms with van der Waals surface area (Å²) in [5.41, 5.74) is 6.69. The first-order valence-electron chi connectivity index (χ1n) is 16.2. The molecule has 2 aromatic heterocycles.